The Hall–Kier alpha value is -2.18. The van der Waals surface area contributed by atoms with E-state index in [1.807, 2.05) is 20.8 Å². The van der Waals surface area contributed by atoms with Crippen molar-refractivity contribution < 1.29 is 47.3 Å². The van der Waals surface area contributed by atoms with Crippen molar-refractivity contribution in [1.29, 1.82) is 0 Å². The van der Waals surface area contributed by atoms with Crippen LogP contribution in [0.1, 0.15) is 85.5 Å². The van der Waals surface area contributed by atoms with Crippen molar-refractivity contribution in [2.45, 2.75) is 96.6 Å². The molecule has 47 heavy (non-hydrogen) atoms. The van der Waals surface area contributed by atoms with Crippen LogP contribution < -0.4 is 5.84 Å². The SMILES string of the molecule is CCCCCC[N+](N)(C(=O)OC12CC3CC4CC(C(=O)OCCOCC5CC(COC)=C(OC)C(COC)=C5OC)(C1)C342)C(C)(C)C. The van der Waals surface area contributed by atoms with Crippen LogP contribution in [0.3, 0.4) is 0 Å². The maximum Gasteiger partial charge on any atom is 0.536 e. The summed E-state index contributed by atoms with van der Waals surface area (Å²) < 4.78 is 40.5. The third kappa shape index (κ3) is 5.43. The number of nitrogens with two attached hydrogens (primary N) is 1. The van der Waals surface area contributed by atoms with Crippen LogP contribution in [0.4, 0.5) is 4.79 Å². The lowest BCUT2D eigenvalue weighted by Crippen LogP contribution is -2.96. The second kappa shape index (κ2) is 13.6. The summed E-state index contributed by atoms with van der Waals surface area (Å²) in [6.07, 6.45) is 7.71. The van der Waals surface area contributed by atoms with Crippen molar-refractivity contribution >= 4 is 12.1 Å². The number of carbonyl (C=O) groups excluding carboxylic acids is 2. The van der Waals surface area contributed by atoms with Gasteiger partial charge in [0.15, 0.2) is 0 Å². The number of quaternary nitrogens is 1. The van der Waals surface area contributed by atoms with E-state index < -0.39 is 16.6 Å². The van der Waals surface area contributed by atoms with Gasteiger partial charge in [0.1, 0.15) is 35.8 Å². The van der Waals surface area contributed by atoms with E-state index in [1.54, 1.807) is 28.4 Å². The zero-order chi connectivity index (χ0) is 34.3. The highest BCUT2D eigenvalue weighted by Gasteiger charge is 2.98. The summed E-state index contributed by atoms with van der Waals surface area (Å²) in [5.74, 6) is 8.94. The molecule has 266 valence electrons. The number of methoxy groups -OCH3 is 4. The number of unbranched alkanes of at least 4 members (excludes halogenated alkanes) is 3. The smallest absolute Gasteiger partial charge is 0.500 e. The lowest BCUT2D eigenvalue weighted by Gasteiger charge is -2.92. The number of nitrogens with zero attached hydrogens (tertiary/aromatic N) is 1. The van der Waals surface area contributed by atoms with E-state index in [0.717, 1.165) is 67.6 Å². The molecule has 0 radical (unpaired) electrons. The van der Waals surface area contributed by atoms with E-state index in [-0.39, 0.29) is 41.2 Å². The fraction of sp³-hybridized carbons (Fsp3) is 0.833. The fourth-order valence-electron chi connectivity index (χ4n) is 10.2. The summed E-state index contributed by atoms with van der Waals surface area (Å²) in [5.41, 5.74) is -0.0675. The maximum absolute atomic E-state index is 13.9. The molecule has 5 aliphatic carbocycles. The molecule has 4 fully saturated rings. The monoisotopic (exact) mass is 663 g/mol. The molecule has 1 amide bonds. The molecule has 5 rings (SSSR count). The van der Waals surface area contributed by atoms with Gasteiger partial charge in [-0.2, -0.15) is 10.6 Å². The number of hydrogen-bond donors (Lipinski definition) is 1. The van der Waals surface area contributed by atoms with Crippen LogP contribution in [0.5, 0.6) is 0 Å². The van der Waals surface area contributed by atoms with Crippen LogP contribution in [-0.4, -0.2) is 95.8 Å². The van der Waals surface area contributed by atoms with E-state index in [9.17, 15) is 9.59 Å². The summed E-state index contributed by atoms with van der Waals surface area (Å²) in [6.45, 7) is 10.3. The molecule has 0 aromatic carbocycles. The highest BCUT2D eigenvalue weighted by Crippen LogP contribution is 2.95. The van der Waals surface area contributed by atoms with Crippen molar-refractivity contribution in [3.8, 4) is 0 Å². The summed E-state index contributed by atoms with van der Waals surface area (Å²) in [5, 5.41) is 0. The van der Waals surface area contributed by atoms with Gasteiger partial charge < -0.3 is 33.2 Å². The van der Waals surface area contributed by atoms with Crippen molar-refractivity contribution in [2.75, 3.05) is 68.0 Å². The van der Waals surface area contributed by atoms with Gasteiger partial charge in [-0.15, -0.1) is 4.59 Å². The molecule has 7 atom stereocenters. The van der Waals surface area contributed by atoms with Gasteiger partial charge in [0.05, 0.1) is 51.6 Å². The first-order chi connectivity index (χ1) is 22.4. The molecular formula is C36H59N2O9+. The van der Waals surface area contributed by atoms with Gasteiger partial charge in [0.2, 0.25) is 0 Å². The molecule has 11 nitrogen and oxygen atoms in total. The highest BCUT2D eigenvalue weighted by atomic mass is 16.6. The van der Waals surface area contributed by atoms with Crippen molar-refractivity contribution in [1.82, 2.24) is 0 Å². The average molecular weight is 664 g/mol. The van der Waals surface area contributed by atoms with Crippen LogP contribution in [0, 0.1) is 28.6 Å². The first-order valence-corrected chi connectivity index (χ1v) is 17.5. The minimum atomic E-state index is -0.596. The minimum absolute atomic E-state index is 0.0461. The Labute approximate surface area is 281 Å². The Bertz CT molecular complexity index is 1250. The molecule has 1 spiro atoms. The Balaban J connectivity index is 1.16. The average Bonchev–Trinajstić information content (AvgIpc) is 2.98. The third-order valence-electron chi connectivity index (χ3n) is 12.3. The number of amides is 1. The molecule has 11 heteroatoms. The molecule has 7 unspecified atom stereocenters. The Kier molecular flexibility index (Phi) is 10.5. The van der Waals surface area contributed by atoms with Crippen LogP contribution in [0.25, 0.3) is 0 Å². The van der Waals surface area contributed by atoms with Gasteiger partial charge in [-0.3, -0.25) is 4.79 Å². The van der Waals surface area contributed by atoms with Crippen LogP contribution in [0.2, 0.25) is 0 Å². The molecule has 0 heterocycles. The molecule has 0 bridgehead atoms. The standard InChI is InChI=1S/C36H59N2O9/c1-9-10-11-12-13-38(37,33(2,3)4)32(40)47-35-19-27-17-26-18-34(23-35,36(26,27)35)31(39)46-15-14-45-21-25-16-24(20-41-5)29(43-7)28(22-42-6)30(25)44-8/h25-27H,9-23,37H2,1-8H3/q+1. The normalized spacial score (nSPS) is 33.3. The molecule has 0 aromatic rings. The molecule has 0 aromatic heterocycles. The molecule has 0 aliphatic heterocycles. The third-order valence-corrected chi connectivity index (χ3v) is 12.3. The number of hydrogen-bond acceptors (Lipinski definition) is 10. The Morgan fingerprint density at radius 3 is 2.28 bits per heavy atom. The number of carbonyl (C=O) groups is 2. The quantitative estimate of drug-likeness (QED) is 0.0507. The Morgan fingerprint density at radius 1 is 0.957 bits per heavy atom. The van der Waals surface area contributed by atoms with Gasteiger partial charge in [-0.05, 0) is 76.7 Å². The van der Waals surface area contributed by atoms with E-state index in [4.69, 9.17) is 39.0 Å². The van der Waals surface area contributed by atoms with E-state index >= 15 is 0 Å². The largest absolute Gasteiger partial charge is 0.536 e. The van der Waals surface area contributed by atoms with E-state index in [0.29, 0.717) is 51.0 Å². The lowest BCUT2D eigenvalue weighted by molar-refractivity contribution is -0.917. The lowest BCUT2D eigenvalue weighted by atomic mass is 9.11. The maximum atomic E-state index is 13.9. The van der Waals surface area contributed by atoms with Gasteiger partial charge in [0.25, 0.3) is 0 Å². The van der Waals surface area contributed by atoms with Gasteiger partial charge >= 0.3 is 12.1 Å². The first-order valence-electron chi connectivity index (χ1n) is 17.5. The van der Waals surface area contributed by atoms with Crippen molar-refractivity contribution in [2.24, 2.45) is 34.4 Å². The Morgan fingerprint density at radius 2 is 1.68 bits per heavy atom. The summed E-state index contributed by atoms with van der Waals surface area (Å²) in [6, 6.07) is 0. The molecule has 2 N–H and O–H groups in total. The number of esters is 1. The van der Waals surface area contributed by atoms with Gasteiger partial charge in [0, 0.05) is 32.0 Å². The number of rotatable bonds is 18. The minimum Gasteiger partial charge on any atom is -0.500 e. The number of ether oxygens (including phenoxy) is 7. The van der Waals surface area contributed by atoms with Crippen LogP contribution in [0.15, 0.2) is 22.7 Å². The van der Waals surface area contributed by atoms with E-state index in [2.05, 4.69) is 6.92 Å². The van der Waals surface area contributed by atoms with Crippen LogP contribution >= 0.6 is 0 Å². The van der Waals surface area contributed by atoms with Crippen molar-refractivity contribution in [3.05, 3.63) is 22.7 Å². The predicted molar refractivity (Wildman–Crippen MR) is 174 cm³/mol. The second-order valence-corrected chi connectivity index (χ2v) is 15.5. The van der Waals surface area contributed by atoms with Gasteiger partial charge in [-0.1, -0.05) is 19.8 Å². The fourth-order valence-corrected chi connectivity index (χ4v) is 10.2. The highest BCUT2D eigenvalue weighted by molar-refractivity contribution is 5.85. The zero-order valence-electron chi connectivity index (χ0n) is 30.0. The van der Waals surface area contributed by atoms with Crippen LogP contribution in [-0.2, 0) is 38.0 Å². The summed E-state index contributed by atoms with van der Waals surface area (Å²) in [7, 11) is 6.58. The topological polar surface area (TPSA) is 125 Å². The molecular weight excluding hydrogens is 604 g/mol. The predicted octanol–water partition coefficient (Wildman–Crippen LogP) is 5.42. The summed E-state index contributed by atoms with van der Waals surface area (Å²) in [4.78, 5) is 27.5. The van der Waals surface area contributed by atoms with E-state index in [1.165, 1.54) is 0 Å². The zero-order valence-corrected chi connectivity index (χ0v) is 30.0. The molecule has 4 saturated carbocycles. The first kappa shape index (κ1) is 36.1. The van der Waals surface area contributed by atoms with Gasteiger partial charge in [-0.25, -0.2) is 0 Å². The summed E-state index contributed by atoms with van der Waals surface area (Å²) >= 11 is 0. The molecule has 5 aliphatic rings. The van der Waals surface area contributed by atoms with Crippen molar-refractivity contribution in [3.63, 3.8) is 0 Å². The second-order valence-electron chi connectivity index (χ2n) is 15.5. The molecule has 0 saturated heterocycles.